The van der Waals surface area contributed by atoms with Crippen molar-refractivity contribution in [1.82, 2.24) is 19.7 Å². The van der Waals surface area contributed by atoms with Crippen LogP contribution in [-0.2, 0) is 16.4 Å². The van der Waals surface area contributed by atoms with Crippen LogP contribution >= 0.6 is 0 Å². The van der Waals surface area contributed by atoms with Crippen molar-refractivity contribution >= 4 is 10.0 Å². The summed E-state index contributed by atoms with van der Waals surface area (Å²) >= 11 is 0. The molecule has 24 heavy (non-hydrogen) atoms. The van der Waals surface area contributed by atoms with E-state index in [9.17, 15) is 8.42 Å². The van der Waals surface area contributed by atoms with Crippen LogP contribution in [0.5, 0.6) is 0 Å². The van der Waals surface area contributed by atoms with E-state index in [1.807, 2.05) is 19.1 Å². The lowest BCUT2D eigenvalue weighted by molar-refractivity contribution is 0.499. The summed E-state index contributed by atoms with van der Waals surface area (Å²) in [6.07, 6.45) is 9.28. The van der Waals surface area contributed by atoms with E-state index < -0.39 is 10.0 Å². The number of hydrogen-bond donors (Lipinski definition) is 1. The van der Waals surface area contributed by atoms with Gasteiger partial charge >= 0.3 is 0 Å². The maximum absolute atomic E-state index is 12.2. The number of aryl methyl sites for hydroxylation is 1. The second-order valence-corrected chi connectivity index (χ2v) is 7.95. The molecule has 6 nitrogen and oxygen atoms in total. The molecule has 0 unspecified atom stereocenters. The summed E-state index contributed by atoms with van der Waals surface area (Å²) in [4.78, 5) is 13.2. The number of pyridine rings is 1. The molecule has 2 aromatic rings. The standard InChI is InChI=1S/C17H22N4O2S/c1-2-3-10-24(22,23)21-16-8-4-7-15-14(16)12-19-17(20-15)13-6-5-9-18-11-13/h5-6,9,11-12,16,21H,2-4,7-8,10H2,1H3/t16-/m0/s1. The third kappa shape index (κ3) is 3.96. The van der Waals surface area contributed by atoms with E-state index >= 15 is 0 Å². The molecule has 128 valence electrons. The zero-order chi connectivity index (χ0) is 17.0. The Morgan fingerprint density at radius 1 is 1.33 bits per heavy atom. The van der Waals surface area contributed by atoms with Gasteiger partial charge in [-0.2, -0.15) is 0 Å². The third-order valence-corrected chi connectivity index (χ3v) is 5.66. The van der Waals surface area contributed by atoms with Crippen molar-refractivity contribution in [3.63, 3.8) is 0 Å². The summed E-state index contributed by atoms with van der Waals surface area (Å²) in [6, 6.07) is 3.55. The maximum atomic E-state index is 12.2. The van der Waals surface area contributed by atoms with Crippen LogP contribution in [0.4, 0.5) is 0 Å². The third-order valence-electron chi connectivity index (χ3n) is 4.19. The molecule has 0 amide bonds. The predicted octanol–water partition coefficient (Wildman–Crippen LogP) is 2.64. The van der Waals surface area contributed by atoms with E-state index in [0.717, 1.165) is 42.5 Å². The normalized spacial score (nSPS) is 17.5. The highest BCUT2D eigenvalue weighted by atomic mass is 32.2. The van der Waals surface area contributed by atoms with Gasteiger partial charge in [0.1, 0.15) is 0 Å². The van der Waals surface area contributed by atoms with Crippen LogP contribution in [0.3, 0.4) is 0 Å². The summed E-state index contributed by atoms with van der Waals surface area (Å²) in [5.41, 5.74) is 2.69. The zero-order valence-corrected chi connectivity index (χ0v) is 14.6. The van der Waals surface area contributed by atoms with Crippen molar-refractivity contribution in [3.05, 3.63) is 42.0 Å². The number of sulfonamides is 1. The molecule has 2 aromatic heterocycles. The number of nitrogens with zero attached hydrogens (tertiary/aromatic N) is 3. The van der Waals surface area contributed by atoms with E-state index in [1.54, 1.807) is 18.6 Å². The van der Waals surface area contributed by atoms with Gasteiger partial charge in [-0.15, -0.1) is 0 Å². The highest BCUT2D eigenvalue weighted by Crippen LogP contribution is 2.30. The van der Waals surface area contributed by atoms with Gasteiger partial charge in [0, 0.05) is 41.5 Å². The van der Waals surface area contributed by atoms with Crippen LogP contribution in [0.25, 0.3) is 11.4 Å². The molecule has 0 saturated carbocycles. The minimum Gasteiger partial charge on any atom is -0.264 e. The van der Waals surface area contributed by atoms with Crippen LogP contribution in [0.1, 0.15) is 49.9 Å². The lowest BCUT2D eigenvalue weighted by atomic mass is 9.93. The largest absolute Gasteiger partial charge is 0.264 e. The molecule has 0 aliphatic heterocycles. The van der Waals surface area contributed by atoms with Crippen LogP contribution in [0.2, 0.25) is 0 Å². The van der Waals surface area contributed by atoms with Gasteiger partial charge in [0.15, 0.2) is 5.82 Å². The van der Waals surface area contributed by atoms with Crippen molar-refractivity contribution in [2.45, 2.75) is 45.1 Å². The van der Waals surface area contributed by atoms with Crippen molar-refractivity contribution < 1.29 is 8.42 Å². The Kier molecular flexibility index (Phi) is 5.20. The molecule has 0 fully saturated rings. The highest BCUT2D eigenvalue weighted by Gasteiger charge is 2.26. The first-order chi connectivity index (χ1) is 11.6. The molecule has 0 bridgehead atoms. The van der Waals surface area contributed by atoms with Crippen molar-refractivity contribution in [2.75, 3.05) is 5.75 Å². The Morgan fingerprint density at radius 3 is 2.96 bits per heavy atom. The fourth-order valence-corrected chi connectivity index (χ4v) is 4.38. The van der Waals surface area contributed by atoms with Gasteiger partial charge in [0.25, 0.3) is 0 Å². The summed E-state index contributed by atoms with van der Waals surface area (Å²) in [5, 5.41) is 0. The molecule has 3 rings (SSSR count). The van der Waals surface area contributed by atoms with Crippen molar-refractivity contribution in [2.24, 2.45) is 0 Å². The number of fused-ring (bicyclic) bond motifs is 1. The van der Waals surface area contributed by atoms with E-state index in [2.05, 4.69) is 19.7 Å². The fourth-order valence-electron chi connectivity index (χ4n) is 2.91. The second-order valence-electron chi connectivity index (χ2n) is 6.07. The zero-order valence-electron chi connectivity index (χ0n) is 13.8. The second kappa shape index (κ2) is 7.36. The van der Waals surface area contributed by atoms with Crippen LogP contribution in [0.15, 0.2) is 30.7 Å². The summed E-state index contributed by atoms with van der Waals surface area (Å²) in [6.45, 7) is 1.99. The number of rotatable bonds is 6. The van der Waals surface area contributed by atoms with Gasteiger partial charge in [-0.1, -0.05) is 13.3 Å². The van der Waals surface area contributed by atoms with E-state index in [0.29, 0.717) is 12.2 Å². The summed E-state index contributed by atoms with van der Waals surface area (Å²) < 4.78 is 27.2. The molecule has 2 heterocycles. The number of aromatic nitrogens is 3. The number of nitrogens with one attached hydrogen (secondary N) is 1. The van der Waals surface area contributed by atoms with Crippen LogP contribution in [-0.4, -0.2) is 29.1 Å². The van der Waals surface area contributed by atoms with E-state index in [1.165, 1.54) is 0 Å². The van der Waals surface area contributed by atoms with Gasteiger partial charge in [0.2, 0.25) is 10.0 Å². The van der Waals surface area contributed by atoms with Crippen molar-refractivity contribution in [3.8, 4) is 11.4 Å². The maximum Gasteiger partial charge on any atom is 0.212 e. The first-order valence-electron chi connectivity index (χ1n) is 8.35. The Bertz CT molecular complexity index is 793. The van der Waals surface area contributed by atoms with E-state index in [-0.39, 0.29) is 11.8 Å². The SMILES string of the molecule is CCCCS(=O)(=O)N[C@H]1CCCc2nc(-c3cccnc3)ncc21. The van der Waals surface area contributed by atoms with Gasteiger partial charge in [0.05, 0.1) is 5.75 Å². The molecule has 1 N–H and O–H groups in total. The quantitative estimate of drug-likeness (QED) is 0.869. The highest BCUT2D eigenvalue weighted by molar-refractivity contribution is 7.89. The fraction of sp³-hybridized carbons (Fsp3) is 0.471. The molecule has 0 radical (unpaired) electrons. The van der Waals surface area contributed by atoms with Gasteiger partial charge in [-0.05, 0) is 37.8 Å². The van der Waals surface area contributed by atoms with Crippen molar-refractivity contribution in [1.29, 1.82) is 0 Å². The Balaban J connectivity index is 1.84. The molecule has 0 saturated heterocycles. The Labute approximate surface area is 142 Å². The van der Waals surface area contributed by atoms with Crippen LogP contribution < -0.4 is 4.72 Å². The Morgan fingerprint density at radius 2 is 2.21 bits per heavy atom. The van der Waals surface area contributed by atoms with Gasteiger partial charge in [-0.3, -0.25) is 4.98 Å². The average Bonchev–Trinajstić information content (AvgIpc) is 2.60. The van der Waals surface area contributed by atoms with Crippen LogP contribution in [0, 0.1) is 0 Å². The molecular formula is C17H22N4O2S. The molecule has 1 aliphatic rings. The lowest BCUT2D eigenvalue weighted by Crippen LogP contribution is -2.33. The molecule has 0 aromatic carbocycles. The number of unbranched alkanes of at least 4 members (excludes halogenated alkanes) is 1. The molecule has 0 spiro atoms. The monoisotopic (exact) mass is 346 g/mol. The average molecular weight is 346 g/mol. The summed E-state index contributed by atoms with van der Waals surface area (Å²) in [5.74, 6) is 0.806. The lowest BCUT2D eigenvalue weighted by Gasteiger charge is -2.25. The summed E-state index contributed by atoms with van der Waals surface area (Å²) in [7, 11) is -3.26. The molecule has 1 aliphatic carbocycles. The predicted molar refractivity (Wildman–Crippen MR) is 92.8 cm³/mol. The van der Waals surface area contributed by atoms with E-state index in [4.69, 9.17) is 0 Å². The smallest absolute Gasteiger partial charge is 0.212 e. The Hall–Kier alpha value is -1.86. The molecular weight excluding hydrogens is 324 g/mol. The van der Waals surface area contributed by atoms with Gasteiger partial charge in [-0.25, -0.2) is 23.1 Å². The molecule has 7 heteroatoms. The first kappa shape index (κ1) is 17.0. The first-order valence-corrected chi connectivity index (χ1v) is 10.0. The minimum atomic E-state index is -3.26. The number of hydrogen-bond acceptors (Lipinski definition) is 5. The molecule has 1 atom stereocenters. The minimum absolute atomic E-state index is 0.171. The topological polar surface area (TPSA) is 84.8 Å². The van der Waals surface area contributed by atoms with Gasteiger partial charge < -0.3 is 0 Å².